The van der Waals surface area contributed by atoms with Crippen LogP contribution in [-0.2, 0) is 55.5 Å². The third-order valence-corrected chi connectivity index (χ3v) is 11.1. The number of amides is 2. The standard InChI is InChI=1S/C25H40N7O19P3S/c1-25(2,20(38)23(39)28-4-3-15(35)27-5-6-55-16(36)7-13(34)8-33)10-48-54(45,46)51-53(43,44)47-9-14-19(50-52(40,41)42)18(37)24(49-14)32-12-31-17-21(26)29-11-30-22(17)32/h11-12,14,18-20,24,33,37-38H,3-10H2,1-2H3,(H,27,35)(H,28,39)(H,43,44)(H,45,46)(H2,26,29,30)(H2,40,41,42)/p-4/t14-,18-,19-,20+,24-/m1/s1. The number of imidazole rings is 1. The fraction of sp³-hybridized carbons (Fsp3) is 0.640. The SMILES string of the molecule is CC(C)(COP(=O)([O-])OP(=O)([O-])OC[C@H]1O[C@@H](n2cnc3c(N)ncnc32)[C@H](O)[C@@H]1OP(=O)([O-])[O-])[C@@H](O)C(=O)NCCC(=O)NCCSC(=O)CC(=O)CO. The molecular formula is C25H36N7O19P3S-4. The fourth-order valence-corrected chi connectivity index (χ4v) is 7.97. The van der Waals surface area contributed by atoms with E-state index in [0.717, 1.165) is 42.8 Å². The smallest absolute Gasteiger partial charge is 0.274 e. The molecule has 2 amide bonds. The third kappa shape index (κ3) is 14.3. The molecule has 7 N–H and O–H groups in total. The van der Waals surface area contributed by atoms with Gasteiger partial charge in [-0.15, -0.1) is 0 Å². The summed E-state index contributed by atoms with van der Waals surface area (Å²) in [4.78, 5) is 106. The van der Waals surface area contributed by atoms with Crippen LogP contribution in [0.25, 0.3) is 11.2 Å². The number of fused-ring (bicyclic) bond motifs is 1. The molecule has 1 aliphatic heterocycles. The molecule has 26 nitrogen and oxygen atoms in total. The van der Waals surface area contributed by atoms with Crippen LogP contribution in [0.2, 0.25) is 0 Å². The number of nitrogens with two attached hydrogens (primary N) is 1. The number of nitrogens with zero attached hydrogens (tertiary/aromatic N) is 4. The normalized spacial score (nSPS) is 21.8. The molecule has 55 heavy (non-hydrogen) atoms. The molecule has 1 aliphatic rings. The summed E-state index contributed by atoms with van der Waals surface area (Å²) in [6.07, 6.45) is -8.23. The third-order valence-electron chi connectivity index (χ3n) is 7.26. The van der Waals surface area contributed by atoms with E-state index in [-0.39, 0.29) is 42.2 Å². The summed E-state index contributed by atoms with van der Waals surface area (Å²) in [5.41, 5.74) is 4.00. The minimum Gasteiger partial charge on any atom is -0.790 e. The molecule has 1 fully saturated rings. The number of nitrogen functional groups attached to an aromatic ring is 1. The quantitative estimate of drug-likeness (QED) is 0.0367. The lowest BCUT2D eigenvalue weighted by Crippen LogP contribution is -2.46. The summed E-state index contributed by atoms with van der Waals surface area (Å²) in [5.74, 6) is -2.22. The summed E-state index contributed by atoms with van der Waals surface area (Å²) in [6, 6.07) is 0. The van der Waals surface area contributed by atoms with Crippen molar-refractivity contribution in [2.45, 2.75) is 57.3 Å². The van der Waals surface area contributed by atoms with Gasteiger partial charge in [0.05, 0.1) is 33.8 Å². The average molecular weight is 864 g/mol. The molecular weight excluding hydrogens is 827 g/mol. The molecule has 7 atom stereocenters. The number of carbonyl (C=O) groups is 4. The first-order valence-electron chi connectivity index (χ1n) is 15.6. The van der Waals surface area contributed by atoms with E-state index in [1.54, 1.807) is 0 Å². The zero-order valence-corrected chi connectivity index (χ0v) is 32.2. The van der Waals surface area contributed by atoms with Crippen LogP contribution in [0, 0.1) is 5.41 Å². The number of aliphatic hydroxyl groups excluding tert-OH is 3. The highest BCUT2D eigenvalue weighted by atomic mass is 32.2. The number of thioether (sulfide) groups is 1. The van der Waals surface area contributed by atoms with Gasteiger partial charge in [0.2, 0.25) is 11.8 Å². The Balaban J connectivity index is 1.49. The van der Waals surface area contributed by atoms with Gasteiger partial charge in [0.15, 0.2) is 28.6 Å². The molecule has 0 saturated carbocycles. The second-order valence-corrected chi connectivity index (χ2v) is 17.3. The van der Waals surface area contributed by atoms with Crippen molar-refractivity contribution in [3.63, 3.8) is 0 Å². The van der Waals surface area contributed by atoms with E-state index >= 15 is 0 Å². The summed E-state index contributed by atoms with van der Waals surface area (Å²) in [7, 11) is -17.6. The Bertz CT molecular complexity index is 1850. The van der Waals surface area contributed by atoms with Crippen molar-refractivity contribution in [2.24, 2.45) is 5.41 Å². The molecule has 3 rings (SSSR count). The van der Waals surface area contributed by atoms with Gasteiger partial charge in [0.1, 0.15) is 42.9 Å². The van der Waals surface area contributed by atoms with Crippen LogP contribution >= 0.6 is 35.2 Å². The highest BCUT2D eigenvalue weighted by molar-refractivity contribution is 8.13. The van der Waals surface area contributed by atoms with Crippen LogP contribution < -0.4 is 35.9 Å². The van der Waals surface area contributed by atoms with Gasteiger partial charge in [-0.25, -0.2) is 19.3 Å². The van der Waals surface area contributed by atoms with Gasteiger partial charge in [-0.3, -0.25) is 32.9 Å². The first-order chi connectivity index (χ1) is 25.4. The molecule has 0 aliphatic carbocycles. The molecule has 30 heteroatoms. The van der Waals surface area contributed by atoms with E-state index < -0.39 is 108 Å². The monoisotopic (exact) mass is 863 g/mol. The van der Waals surface area contributed by atoms with Crippen molar-refractivity contribution >= 4 is 74.9 Å². The second kappa shape index (κ2) is 19.6. The van der Waals surface area contributed by atoms with Crippen molar-refractivity contribution in [1.82, 2.24) is 30.2 Å². The van der Waals surface area contributed by atoms with Crippen molar-refractivity contribution < 1.29 is 90.4 Å². The highest BCUT2D eigenvalue weighted by Gasteiger charge is 2.47. The molecule has 2 unspecified atom stereocenters. The number of aromatic nitrogens is 4. The molecule has 0 bridgehead atoms. The molecule has 2 aromatic heterocycles. The van der Waals surface area contributed by atoms with E-state index in [1.807, 2.05) is 0 Å². The number of phosphoric ester groups is 3. The fourth-order valence-electron chi connectivity index (χ4n) is 4.54. The van der Waals surface area contributed by atoms with Gasteiger partial charge >= 0.3 is 0 Å². The summed E-state index contributed by atoms with van der Waals surface area (Å²) >= 11 is 0.770. The maximum Gasteiger partial charge on any atom is 0.274 e. The van der Waals surface area contributed by atoms with Crippen LogP contribution in [0.1, 0.15) is 32.9 Å². The number of phosphoric acid groups is 3. The number of rotatable bonds is 22. The minimum absolute atomic E-state index is 0.0324. The second-order valence-electron chi connectivity index (χ2n) is 12.1. The van der Waals surface area contributed by atoms with E-state index in [2.05, 4.69) is 43.5 Å². The lowest BCUT2D eigenvalue weighted by atomic mass is 9.87. The lowest BCUT2D eigenvalue weighted by molar-refractivity contribution is -0.347. The molecule has 310 valence electrons. The summed E-state index contributed by atoms with van der Waals surface area (Å²) in [5, 5.41) is 34.1. The van der Waals surface area contributed by atoms with Gasteiger partial charge < -0.3 is 74.1 Å². The molecule has 2 aromatic rings. The van der Waals surface area contributed by atoms with Crippen LogP contribution in [-0.4, -0.2) is 121 Å². The van der Waals surface area contributed by atoms with Crippen LogP contribution in [0.5, 0.6) is 0 Å². The number of Topliss-reactive ketones (excluding diaryl/α,β-unsaturated/α-hetero) is 1. The minimum atomic E-state index is -5.93. The van der Waals surface area contributed by atoms with E-state index in [4.69, 9.17) is 15.6 Å². The van der Waals surface area contributed by atoms with Gasteiger partial charge in [-0.1, -0.05) is 25.6 Å². The maximum absolute atomic E-state index is 12.5. The van der Waals surface area contributed by atoms with Gasteiger partial charge in [0, 0.05) is 30.7 Å². The van der Waals surface area contributed by atoms with Gasteiger partial charge in [-0.2, -0.15) is 0 Å². The van der Waals surface area contributed by atoms with Gasteiger partial charge in [-0.05, 0) is 0 Å². The van der Waals surface area contributed by atoms with Crippen LogP contribution in [0.15, 0.2) is 12.7 Å². The largest absolute Gasteiger partial charge is 0.790 e. The maximum atomic E-state index is 12.5. The summed E-state index contributed by atoms with van der Waals surface area (Å²) in [6.45, 7) is -0.995. The Morgan fingerprint density at radius 1 is 1.07 bits per heavy atom. The Kier molecular flexibility index (Phi) is 16.6. The van der Waals surface area contributed by atoms with E-state index in [9.17, 15) is 62.7 Å². The number of anilines is 1. The average Bonchev–Trinajstić information content (AvgIpc) is 3.64. The highest BCUT2D eigenvalue weighted by Crippen LogP contribution is 2.56. The van der Waals surface area contributed by atoms with Crippen LogP contribution in [0.3, 0.4) is 0 Å². The molecule has 3 heterocycles. The zero-order chi connectivity index (χ0) is 41.4. The predicted molar refractivity (Wildman–Crippen MR) is 175 cm³/mol. The number of nitrogens with one attached hydrogen (secondary N) is 2. The van der Waals surface area contributed by atoms with Crippen molar-refractivity contribution in [3.05, 3.63) is 12.7 Å². The molecule has 0 radical (unpaired) electrons. The Morgan fingerprint density at radius 2 is 1.75 bits per heavy atom. The predicted octanol–water partition coefficient (Wildman–Crippen LogP) is -4.91. The van der Waals surface area contributed by atoms with Crippen molar-refractivity contribution in [2.75, 3.05) is 44.4 Å². The first-order valence-corrected chi connectivity index (χ1v) is 20.9. The number of hydrogen-bond acceptors (Lipinski definition) is 24. The lowest BCUT2D eigenvalue weighted by Gasteiger charge is -2.36. The van der Waals surface area contributed by atoms with E-state index in [1.165, 1.54) is 0 Å². The van der Waals surface area contributed by atoms with Gasteiger partial charge in [0.25, 0.3) is 15.6 Å². The number of carbonyl (C=O) groups excluding carboxylic acids is 4. The molecule has 0 spiro atoms. The Labute approximate surface area is 314 Å². The number of ketones is 1. The Morgan fingerprint density at radius 3 is 2.40 bits per heavy atom. The molecule has 1 saturated heterocycles. The number of aliphatic hydroxyl groups is 3. The van der Waals surface area contributed by atoms with Crippen LogP contribution in [0.4, 0.5) is 5.82 Å². The topological polar surface area (TPSA) is 412 Å². The number of ether oxygens (including phenoxy) is 1. The van der Waals surface area contributed by atoms with Crippen molar-refractivity contribution in [1.29, 1.82) is 0 Å². The Hall–Kier alpha value is -2.81. The first kappa shape index (κ1) is 46.6. The molecule has 0 aromatic carbocycles. The van der Waals surface area contributed by atoms with E-state index in [0.29, 0.717) is 0 Å². The number of hydrogen-bond donors (Lipinski definition) is 6. The van der Waals surface area contributed by atoms with Crippen molar-refractivity contribution in [3.8, 4) is 0 Å². The summed E-state index contributed by atoms with van der Waals surface area (Å²) < 4.78 is 60.3. The zero-order valence-electron chi connectivity index (χ0n) is 28.7.